The number of hydrogen-bond donors (Lipinski definition) is 2. The Labute approximate surface area is 121 Å². The molecule has 0 aliphatic rings. The second-order valence-corrected chi connectivity index (χ2v) is 5.65. The van der Waals surface area contributed by atoms with Crippen molar-refractivity contribution < 1.29 is 14.4 Å². The highest BCUT2D eigenvalue weighted by Crippen LogP contribution is 2.05. The molecule has 0 rings (SSSR count). The minimum atomic E-state index is -0.821. The van der Waals surface area contributed by atoms with Gasteiger partial charge in [0.1, 0.15) is 0 Å². The fraction of sp³-hybridized carbons (Fsp3) is 0.667. The summed E-state index contributed by atoms with van der Waals surface area (Å²) in [6.07, 6.45) is 4.67. The van der Waals surface area contributed by atoms with Crippen LogP contribution < -0.4 is 11.1 Å². The molecule has 0 saturated carbocycles. The fourth-order valence-corrected chi connectivity index (χ4v) is 1.64. The Kier molecular flexibility index (Phi) is 8.52. The lowest BCUT2D eigenvalue weighted by Crippen LogP contribution is -2.44. The van der Waals surface area contributed by atoms with Gasteiger partial charge in [0.05, 0.1) is 12.5 Å². The summed E-state index contributed by atoms with van der Waals surface area (Å²) in [7, 11) is 0. The molecule has 0 aliphatic heterocycles. The van der Waals surface area contributed by atoms with Gasteiger partial charge in [-0.1, -0.05) is 39.8 Å². The molecule has 20 heavy (non-hydrogen) atoms. The molecular formula is C15H26N2O3. The van der Waals surface area contributed by atoms with E-state index in [9.17, 15) is 14.4 Å². The van der Waals surface area contributed by atoms with Gasteiger partial charge < -0.3 is 11.1 Å². The molecule has 1 unspecified atom stereocenters. The molecule has 0 aliphatic carbocycles. The molecule has 0 radical (unpaired) electrons. The molecule has 0 aromatic carbocycles. The highest BCUT2D eigenvalue weighted by Gasteiger charge is 2.24. The van der Waals surface area contributed by atoms with Gasteiger partial charge in [0, 0.05) is 12.3 Å². The lowest BCUT2D eigenvalue weighted by Gasteiger charge is -2.17. The maximum absolute atomic E-state index is 11.9. The van der Waals surface area contributed by atoms with Crippen LogP contribution in [0, 0.1) is 11.8 Å². The summed E-state index contributed by atoms with van der Waals surface area (Å²) in [4.78, 5) is 34.6. The van der Waals surface area contributed by atoms with Crippen molar-refractivity contribution in [3.63, 3.8) is 0 Å². The molecule has 0 bridgehead atoms. The predicted octanol–water partition coefficient (Wildman–Crippen LogP) is 1.56. The smallest absolute Gasteiger partial charge is 0.224 e. The third-order valence-corrected chi connectivity index (χ3v) is 2.73. The van der Waals surface area contributed by atoms with E-state index in [1.807, 2.05) is 6.08 Å². The zero-order valence-electron chi connectivity index (χ0n) is 12.8. The molecule has 0 heterocycles. The van der Waals surface area contributed by atoms with E-state index in [2.05, 4.69) is 19.2 Å². The van der Waals surface area contributed by atoms with Crippen molar-refractivity contribution in [2.75, 3.05) is 0 Å². The number of primary amides is 1. The van der Waals surface area contributed by atoms with Crippen LogP contribution in [0.5, 0.6) is 0 Å². The summed E-state index contributed by atoms with van der Waals surface area (Å²) in [5.41, 5.74) is 5.11. The number of nitrogens with one attached hydrogen (secondary N) is 1. The van der Waals surface area contributed by atoms with Gasteiger partial charge in [-0.15, -0.1) is 0 Å². The summed E-state index contributed by atoms with van der Waals surface area (Å²) < 4.78 is 0. The number of carbonyl (C=O) groups excluding carboxylic acids is 3. The SMILES string of the molecule is CC(C)C/C=C\CC(=O)NC(CC(N)=O)C(=O)C(C)C. The van der Waals surface area contributed by atoms with Crippen LogP contribution in [-0.2, 0) is 14.4 Å². The Morgan fingerprint density at radius 2 is 1.70 bits per heavy atom. The molecule has 0 aromatic rings. The molecule has 0 spiro atoms. The van der Waals surface area contributed by atoms with Crippen molar-refractivity contribution in [2.45, 2.75) is 53.0 Å². The van der Waals surface area contributed by atoms with Crippen molar-refractivity contribution in [3.05, 3.63) is 12.2 Å². The quantitative estimate of drug-likeness (QED) is 0.629. The van der Waals surface area contributed by atoms with Crippen molar-refractivity contribution in [1.82, 2.24) is 5.32 Å². The van der Waals surface area contributed by atoms with E-state index >= 15 is 0 Å². The maximum atomic E-state index is 11.9. The molecule has 1 atom stereocenters. The van der Waals surface area contributed by atoms with Gasteiger partial charge in [-0.25, -0.2) is 0 Å². The largest absolute Gasteiger partial charge is 0.370 e. The first-order chi connectivity index (χ1) is 9.23. The minimum Gasteiger partial charge on any atom is -0.370 e. The van der Waals surface area contributed by atoms with E-state index in [4.69, 9.17) is 5.73 Å². The summed E-state index contributed by atoms with van der Waals surface area (Å²) in [6.45, 7) is 7.64. The summed E-state index contributed by atoms with van der Waals surface area (Å²) >= 11 is 0. The monoisotopic (exact) mass is 282 g/mol. The van der Waals surface area contributed by atoms with Crippen molar-refractivity contribution in [2.24, 2.45) is 17.6 Å². The molecule has 0 fully saturated rings. The standard InChI is InChI=1S/C15H26N2O3/c1-10(2)7-5-6-8-14(19)17-12(9-13(16)18)15(20)11(3)4/h5-6,10-12H,7-9H2,1-4H3,(H2,16,18)(H,17,19)/b6-5-. The van der Waals surface area contributed by atoms with E-state index in [0.29, 0.717) is 5.92 Å². The maximum Gasteiger partial charge on any atom is 0.224 e. The average Bonchev–Trinajstić information content (AvgIpc) is 2.32. The van der Waals surface area contributed by atoms with Crippen molar-refractivity contribution >= 4 is 17.6 Å². The lowest BCUT2D eigenvalue weighted by atomic mass is 9.99. The van der Waals surface area contributed by atoms with Gasteiger partial charge in [-0.3, -0.25) is 14.4 Å². The first-order valence-electron chi connectivity index (χ1n) is 7.00. The molecule has 0 aromatic heterocycles. The number of hydrogen-bond acceptors (Lipinski definition) is 3. The Balaban J connectivity index is 4.42. The lowest BCUT2D eigenvalue weighted by molar-refractivity contribution is -0.131. The van der Waals surface area contributed by atoms with Gasteiger partial charge in [0.2, 0.25) is 11.8 Å². The van der Waals surface area contributed by atoms with Crippen molar-refractivity contribution in [1.29, 1.82) is 0 Å². The molecule has 0 saturated heterocycles. The Morgan fingerprint density at radius 1 is 1.10 bits per heavy atom. The van der Waals surface area contributed by atoms with Gasteiger partial charge >= 0.3 is 0 Å². The van der Waals surface area contributed by atoms with E-state index in [1.54, 1.807) is 19.9 Å². The summed E-state index contributed by atoms with van der Waals surface area (Å²) in [6, 6.07) is -0.821. The van der Waals surface area contributed by atoms with Gasteiger partial charge in [-0.2, -0.15) is 0 Å². The van der Waals surface area contributed by atoms with Gasteiger partial charge in [0.25, 0.3) is 0 Å². The number of ketones is 1. The summed E-state index contributed by atoms with van der Waals surface area (Å²) in [5, 5.41) is 2.58. The van der Waals surface area contributed by atoms with E-state index in [-0.39, 0.29) is 30.4 Å². The van der Waals surface area contributed by atoms with Crippen molar-refractivity contribution in [3.8, 4) is 0 Å². The van der Waals surface area contributed by atoms with Gasteiger partial charge in [-0.05, 0) is 12.3 Å². The van der Waals surface area contributed by atoms with Crippen LogP contribution in [-0.4, -0.2) is 23.6 Å². The van der Waals surface area contributed by atoms with Crippen LogP contribution in [0.1, 0.15) is 47.0 Å². The first kappa shape index (κ1) is 18.4. The van der Waals surface area contributed by atoms with E-state index in [0.717, 1.165) is 6.42 Å². The topological polar surface area (TPSA) is 89.3 Å². The second-order valence-electron chi connectivity index (χ2n) is 5.65. The third kappa shape index (κ3) is 8.45. The molecule has 5 nitrogen and oxygen atoms in total. The van der Waals surface area contributed by atoms with Crippen LogP contribution in [0.25, 0.3) is 0 Å². The second kappa shape index (κ2) is 9.28. The summed E-state index contributed by atoms with van der Waals surface area (Å²) in [5.74, 6) is -0.760. The van der Waals surface area contributed by atoms with Crippen LogP contribution in [0.15, 0.2) is 12.2 Å². The van der Waals surface area contributed by atoms with E-state index < -0.39 is 11.9 Å². The molecular weight excluding hydrogens is 256 g/mol. The first-order valence-corrected chi connectivity index (χ1v) is 7.00. The molecule has 2 amide bonds. The number of Topliss-reactive ketones (excluding diaryl/α,β-unsaturated/α-hetero) is 1. The molecule has 114 valence electrons. The number of rotatable bonds is 9. The highest BCUT2D eigenvalue weighted by molar-refractivity contribution is 5.93. The van der Waals surface area contributed by atoms with Crippen LogP contribution in [0.2, 0.25) is 0 Å². The number of nitrogens with two attached hydrogens (primary N) is 1. The molecule has 5 heteroatoms. The van der Waals surface area contributed by atoms with E-state index in [1.165, 1.54) is 0 Å². The van der Waals surface area contributed by atoms with Crippen LogP contribution >= 0.6 is 0 Å². The number of carbonyl (C=O) groups is 3. The Bertz CT molecular complexity index is 373. The zero-order chi connectivity index (χ0) is 15.7. The van der Waals surface area contributed by atoms with Crippen LogP contribution in [0.3, 0.4) is 0 Å². The zero-order valence-corrected chi connectivity index (χ0v) is 12.8. The highest BCUT2D eigenvalue weighted by atomic mass is 16.2. The minimum absolute atomic E-state index is 0.154. The van der Waals surface area contributed by atoms with Gasteiger partial charge in [0.15, 0.2) is 5.78 Å². The predicted molar refractivity (Wildman–Crippen MR) is 78.8 cm³/mol. The third-order valence-electron chi connectivity index (χ3n) is 2.73. The Hall–Kier alpha value is -1.65. The van der Waals surface area contributed by atoms with Crippen LogP contribution in [0.4, 0.5) is 0 Å². The fourth-order valence-electron chi connectivity index (χ4n) is 1.64. The normalized spacial score (nSPS) is 12.9. The molecule has 3 N–H and O–H groups in total. The Morgan fingerprint density at radius 3 is 2.15 bits per heavy atom. The number of amides is 2. The number of allylic oxidation sites excluding steroid dienone is 1. The average molecular weight is 282 g/mol.